The van der Waals surface area contributed by atoms with Crippen molar-refractivity contribution in [2.75, 3.05) is 0 Å². The SMILES string of the molecule is Clc1ccc(-c2c3ncnc(Cl)c3nn2-c2ccccc2Cl)cc1. The number of benzene rings is 2. The number of rotatable bonds is 2. The predicted octanol–water partition coefficient (Wildman–Crippen LogP) is 5.44. The molecule has 0 saturated carbocycles. The number of hydrogen-bond donors (Lipinski definition) is 0. The van der Waals surface area contributed by atoms with E-state index in [1.54, 1.807) is 4.68 Å². The number of hydrogen-bond acceptors (Lipinski definition) is 3. The molecule has 0 atom stereocenters. The Morgan fingerprint density at radius 1 is 0.792 bits per heavy atom. The van der Waals surface area contributed by atoms with Gasteiger partial charge in [-0.3, -0.25) is 0 Å². The maximum Gasteiger partial charge on any atom is 0.160 e. The lowest BCUT2D eigenvalue weighted by molar-refractivity contribution is 0.903. The molecule has 2 heterocycles. The molecular weight excluding hydrogens is 367 g/mol. The highest BCUT2D eigenvalue weighted by molar-refractivity contribution is 6.34. The van der Waals surface area contributed by atoms with Crippen LogP contribution in [0.4, 0.5) is 0 Å². The van der Waals surface area contributed by atoms with E-state index in [-0.39, 0.29) is 0 Å². The van der Waals surface area contributed by atoms with Crippen molar-refractivity contribution in [2.24, 2.45) is 0 Å². The van der Waals surface area contributed by atoms with E-state index in [1.165, 1.54) is 6.33 Å². The first-order valence-electron chi connectivity index (χ1n) is 7.05. The first kappa shape index (κ1) is 15.4. The van der Waals surface area contributed by atoms with Gasteiger partial charge in [-0.1, -0.05) is 59.1 Å². The molecule has 4 rings (SSSR count). The molecule has 0 aliphatic heterocycles. The van der Waals surface area contributed by atoms with Gasteiger partial charge in [0.1, 0.15) is 23.1 Å². The summed E-state index contributed by atoms with van der Waals surface area (Å²) >= 11 is 18.6. The molecule has 0 fully saturated rings. The number of fused-ring (bicyclic) bond motifs is 1. The fraction of sp³-hybridized carbons (Fsp3) is 0. The molecule has 2 aromatic carbocycles. The molecule has 0 unspecified atom stereocenters. The van der Waals surface area contributed by atoms with E-state index in [1.807, 2.05) is 48.5 Å². The first-order valence-corrected chi connectivity index (χ1v) is 8.18. The molecule has 0 aliphatic rings. The molecule has 0 spiro atoms. The van der Waals surface area contributed by atoms with Gasteiger partial charge >= 0.3 is 0 Å². The minimum atomic E-state index is 0.293. The van der Waals surface area contributed by atoms with Crippen LogP contribution >= 0.6 is 34.8 Å². The molecule has 0 saturated heterocycles. The van der Waals surface area contributed by atoms with E-state index in [0.717, 1.165) is 16.9 Å². The van der Waals surface area contributed by atoms with Crippen LogP contribution in [0.3, 0.4) is 0 Å². The minimum Gasteiger partial charge on any atom is -0.232 e. The second-order valence-corrected chi connectivity index (χ2v) is 6.28. The van der Waals surface area contributed by atoms with Crippen molar-refractivity contribution in [1.82, 2.24) is 19.7 Å². The standard InChI is InChI=1S/C17H9Cl3N4/c18-11-7-5-10(6-8-11)16-14-15(17(20)22-9-21-14)23-24(16)13-4-2-1-3-12(13)19/h1-9H. The number of aromatic nitrogens is 4. The summed E-state index contributed by atoms with van der Waals surface area (Å²) < 4.78 is 1.73. The summed E-state index contributed by atoms with van der Waals surface area (Å²) in [5.74, 6) is 0. The van der Waals surface area contributed by atoms with Crippen LogP contribution in [-0.4, -0.2) is 19.7 Å². The van der Waals surface area contributed by atoms with Gasteiger partial charge in [-0.05, 0) is 24.3 Å². The van der Waals surface area contributed by atoms with E-state index in [4.69, 9.17) is 34.8 Å². The van der Waals surface area contributed by atoms with Crippen LogP contribution in [0.5, 0.6) is 0 Å². The van der Waals surface area contributed by atoms with Gasteiger partial charge in [-0.15, -0.1) is 0 Å². The third-order valence-electron chi connectivity index (χ3n) is 3.61. The van der Waals surface area contributed by atoms with Gasteiger partial charge in [0.2, 0.25) is 0 Å². The Morgan fingerprint density at radius 3 is 2.29 bits per heavy atom. The predicted molar refractivity (Wildman–Crippen MR) is 97.1 cm³/mol. The third kappa shape index (κ3) is 2.53. The molecule has 0 bridgehead atoms. The average Bonchev–Trinajstić information content (AvgIpc) is 2.97. The average molecular weight is 376 g/mol. The molecule has 0 N–H and O–H groups in total. The minimum absolute atomic E-state index is 0.293. The van der Waals surface area contributed by atoms with E-state index < -0.39 is 0 Å². The van der Waals surface area contributed by atoms with Crippen molar-refractivity contribution in [3.8, 4) is 16.9 Å². The molecule has 0 amide bonds. The van der Waals surface area contributed by atoms with Crippen molar-refractivity contribution in [3.63, 3.8) is 0 Å². The normalized spacial score (nSPS) is 11.1. The number of para-hydroxylation sites is 1. The fourth-order valence-corrected chi connectivity index (χ4v) is 3.05. The lowest BCUT2D eigenvalue weighted by Gasteiger charge is -2.09. The van der Waals surface area contributed by atoms with Crippen LogP contribution in [0.25, 0.3) is 28.0 Å². The summed E-state index contributed by atoms with van der Waals surface area (Å²) in [4.78, 5) is 8.37. The van der Waals surface area contributed by atoms with Gasteiger partial charge in [0.25, 0.3) is 0 Å². The lowest BCUT2D eigenvalue weighted by Crippen LogP contribution is -2.00. The highest BCUT2D eigenvalue weighted by Gasteiger charge is 2.19. The molecule has 24 heavy (non-hydrogen) atoms. The molecule has 2 aromatic heterocycles. The van der Waals surface area contributed by atoms with E-state index >= 15 is 0 Å². The van der Waals surface area contributed by atoms with Crippen LogP contribution < -0.4 is 0 Å². The van der Waals surface area contributed by atoms with Crippen LogP contribution in [-0.2, 0) is 0 Å². The Kier molecular flexibility index (Phi) is 3.88. The van der Waals surface area contributed by atoms with Gasteiger partial charge in [0, 0.05) is 10.6 Å². The number of nitrogens with zero attached hydrogens (tertiary/aromatic N) is 4. The Labute approximate surface area is 152 Å². The van der Waals surface area contributed by atoms with Gasteiger partial charge in [-0.25, -0.2) is 14.6 Å². The van der Waals surface area contributed by atoms with Gasteiger partial charge in [0.05, 0.1) is 10.7 Å². The second-order valence-electron chi connectivity index (χ2n) is 5.08. The van der Waals surface area contributed by atoms with Crippen LogP contribution in [0.15, 0.2) is 54.9 Å². The monoisotopic (exact) mass is 374 g/mol. The Hall–Kier alpha value is -2.14. The summed E-state index contributed by atoms with van der Waals surface area (Å²) in [6.07, 6.45) is 1.42. The zero-order chi connectivity index (χ0) is 16.7. The molecule has 0 aliphatic carbocycles. The van der Waals surface area contributed by atoms with E-state index in [9.17, 15) is 0 Å². The zero-order valence-corrected chi connectivity index (χ0v) is 14.4. The van der Waals surface area contributed by atoms with Crippen molar-refractivity contribution in [3.05, 3.63) is 70.1 Å². The summed E-state index contributed by atoms with van der Waals surface area (Å²) in [6.45, 7) is 0. The van der Waals surface area contributed by atoms with Crippen LogP contribution in [0, 0.1) is 0 Å². The number of halogens is 3. The maximum absolute atomic E-state index is 6.36. The molecule has 4 aromatic rings. The van der Waals surface area contributed by atoms with Crippen molar-refractivity contribution in [2.45, 2.75) is 0 Å². The quantitative estimate of drug-likeness (QED) is 0.438. The fourth-order valence-electron chi connectivity index (χ4n) is 2.53. The van der Waals surface area contributed by atoms with E-state index in [2.05, 4.69) is 15.1 Å². The zero-order valence-electron chi connectivity index (χ0n) is 12.1. The molecular formula is C17H9Cl3N4. The Balaban J connectivity index is 2.10. The summed E-state index contributed by atoms with van der Waals surface area (Å²) in [5.41, 5.74) is 3.58. The van der Waals surface area contributed by atoms with Crippen LogP contribution in [0.1, 0.15) is 0 Å². The molecule has 7 heteroatoms. The highest BCUT2D eigenvalue weighted by atomic mass is 35.5. The van der Waals surface area contributed by atoms with Gasteiger partial charge < -0.3 is 0 Å². The Bertz CT molecular complexity index is 1040. The van der Waals surface area contributed by atoms with E-state index in [0.29, 0.717) is 26.2 Å². The third-order valence-corrected chi connectivity index (χ3v) is 4.46. The lowest BCUT2D eigenvalue weighted by atomic mass is 10.1. The van der Waals surface area contributed by atoms with Crippen LogP contribution in [0.2, 0.25) is 15.2 Å². The summed E-state index contributed by atoms with van der Waals surface area (Å²) in [7, 11) is 0. The summed E-state index contributed by atoms with van der Waals surface area (Å²) in [6, 6.07) is 14.9. The highest BCUT2D eigenvalue weighted by Crippen LogP contribution is 2.34. The van der Waals surface area contributed by atoms with Crippen molar-refractivity contribution < 1.29 is 0 Å². The maximum atomic E-state index is 6.36. The Morgan fingerprint density at radius 2 is 1.54 bits per heavy atom. The molecule has 0 radical (unpaired) electrons. The van der Waals surface area contributed by atoms with Gasteiger partial charge in [0.15, 0.2) is 5.15 Å². The topological polar surface area (TPSA) is 43.6 Å². The van der Waals surface area contributed by atoms with Gasteiger partial charge in [-0.2, -0.15) is 5.10 Å². The summed E-state index contributed by atoms with van der Waals surface area (Å²) in [5, 5.41) is 6.10. The second kappa shape index (κ2) is 6.06. The largest absolute Gasteiger partial charge is 0.232 e. The molecule has 118 valence electrons. The molecule has 4 nitrogen and oxygen atoms in total. The van der Waals surface area contributed by atoms with Crippen molar-refractivity contribution in [1.29, 1.82) is 0 Å². The van der Waals surface area contributed by atoms with Crippen molar-refractivity contribution >= 4 is 45.8 Å². The first-order chi connectivity index (χ1) is 11.6. The smallest absolute Gasteiger partial charge is 0.160 e.